The molecule has 106 valence electrons. The monoisotopic (exact) mass is 274 g/mol. The molecule has 1 aromatic heterocycles. The quantitative estimate of drug-likeness (QED) is 0.871. The summed E-state index contributed by atoms with van der Waals surface area (Å²) in [6.07, 6.45) is 1.62. The van der Waals surface area contributed by atoms with Crippen molar-refractivity contribution in [3.63, 3.8) is 0 Å². The lowest BCUT2D eigenvalue weighted by molar-refractivity contribution is 0.0869. The molecule has 1 heterocycles. The highest BCUT2D eigenvalue weighted by Gasteiger charge is 2.19. The van der Waals surface area contributed by atoms with Crippen LogP contribution in [0.3, 0.4) is 0 Å². The van der Waals surface area contributed by atoms with Gasteiger partial charge in [-0.05, 0) is 26.0 Å². The van der Waals surface area contributed by atoms with E-state index in [4.69, 9.17) is 5.11 Å². The fraction of sp³-hybridized carbons (Fsp3) is 0.357. The van der Waals surface area contributed by atoms with Crippen LogP contribution in [0.1, 0.15) is 24.2 Å². The summed E-state index contributed by atoms with van der Waals surface area (Å²) in [7, 11) is 1.80. The average molecular weight is 274 g/mol. The molecule has 1 amide bonds. The van der Waals surface area contributed by atoms with Gasteiger partial charge in [-0.25, -0.2) is 4.98 Å². The van der Waals surface area contributed by atoms with Crippen LogP contribution in [0.5, 0.6) is 0 Å². The molecule has 2 rings (SSSR count). The van der Waals surface area contributed by atoms with Crippen LogP contribution in [0.25, 0.3) is 11.4 Å². The van der Waals surface area contributed by atoms with Crippen molar-refractivity contribution in [2.24, 2.45) is 7.05 Å². The summed E-state index contributed by atoms with van der Waals surface area (Å²) in [4.78, 5) is 16.2. The van der Waals surface area contributed by atoms with Gasteiger partial charge in [0.2, 0.25) is 0 Å². The lowest BCUT2D eigenvalue weighted by atomic mass is 10.1. The fourth-order valence-corrected chi connectivity index (χ4v) is 1.66. The van der Waals surface area contributed by atoms with Gasteiger partial charge in [-0.1, -0.05) is 12.1 Å². The molecule has 0 unspecified atom stereocenters. The van der Waals surface area contributed by atoms with Gasteiger partial charge >= 0.3 is 0 Å². The van der Waals surface area contributed by atoms with E-state index in [-0.39, 0.29) is 12.5 Å². The highest BCUT2D eigenvalue weighted by atomic mass is 16.3. The second-order valence-corrected chi connectivity index (χ2v) is 5.32. The summed E-state index contributed by atoms with van der Waals surface area (Å²) in [5.41, 5.74) is 0.743. The molecule has 0 bridgehead atoms. The molecule has 2 N–H and O–H groups in total. The summed E-state index contributed by atoms with van der Waals surface area (Å²) in [5, 5.41) is 16.1. The Hall–Kier alpha value is -2.21. The van der Waals surface area contributed by atoms with Crippen LogP contribution in [0.2, 0.25) is 0 Å². The standard InChI is InChI=1S/C14H18N4O2/c1-14(2,8-19)16-13(20)11-6-4-10(5-7-11)12-15-9-18(3)17-12/h4-7,9,19H,8H2,1-3H3,(H,16,20). The first-order valence-corrected chi connectivity index (χ1v) is 6.31. The van der Waals surface area contributed by atoms with E-state index in [0.29, 0.717) is 11.4 Å². The van der Waals surface area contributed by atoms with Gasteiger partial charge in [0.15, 0.2) is 5.82 Å². The number of carbonyl (C=O) groups is 1. The summed E-state index contributed by atoms with van der Waals surface area (Å²) in [6.45, 7) is 3.41. The van der Waals surface area contributed by atoms with Crippen molar-refractivity contribution < 1.29 is 9.90 Å². The van der Waals surface area contributed by atoms with Crippen molar-refractivity contribution in [1.82, 2.24) is 20.1 Å². The van der Waals surface area contributed by atoms with Crippen LogP contribution in [-0.2, 0) is 7.05 Å². The predicted octanol–water partition coefficient (Wildman–Crippen LogP) is 0.983. The Labute approximate surface area is 117 Å². The van der Waals surface area contributed by atoms with Gasteiger partial charge in [-0.2, -0.15) is 5.10 Å². The summed E-state index contributed by atoms with van der Waals surface area (Å²) < 4.78 is 1.62. The normalized spacial score (nSPS) is 11.4. The van der Waals surface area contributed by atoms with Crippen molar-refractivity contribution in [1.29, 1.82) is 0 Å². The van der Waals surface area contributed by atoms with E-state index in [9.17, 15) is 4.79 Å². The number of aliphatic hydroxyl groups is 1. The molecule has 20 heavy (non-hydrogen) atoms. The Balaban J connectivity index is 2.14. The Morgan fingerprint density at radius 3 is 2.50 bits per heavy atom. The van der Waals surface area contributed by atoms with E-state index in [2.05, 4.69) is 15.4 Å². The topological polar surface area (TPSA) is 80.0 Å². The molecule has 0 aliphatic carbocycles. The Bertz CT molecular complexity index is 602. The molecule has 1 aromatic carbocycles. The fourth-order valence-electron chi connectivity index (χ4n) is 1.66. The Kier molecular flexibility index (Phi) is 3.85. The van der Waals surface area contributed by atoms with Crippen LogP contribution in [0.4, 0.5) is 0 Å². The Morgan fingerprint density at radius 2 is 2.00 bits per heavy atom. The van der Waals surface area contributed by atoms with Crippen molar-refractivity contribution in [2.75, 3.05) is 6.61 Å². The van der Waals surface area contributed by atoms with Crippen molar-refractivity contribution in [2.45, 2.75) is 19.4 Å². The van der Waals surface area contributed by atoms with E-state index >= 15 is 0 Å². The molecule has 0 radical (unpaired) electrons. The third kappa shape index (κ3) is 3.21. The minimum Gasteiger partial charge on any atom is -0.394 e. The van der Waals surface area contributed by atoms with Gasteiger partial charge in [-0.15, -0.1) is 0 Å². The highest BCUT2D eigenvalue weighted by molar-refractivity contribution is 5.95. The van der Waals surface area contributed by atoms with Crippen molar-refractivity contribution in [3.05, 3.63) is 36.2 Å². The molecule has 6 nitrogen and oxygen atoms in total. The molecule has 0 atom stereocenters. The van der Waals surface area contributed by atoms with Gasteiger partial charge in [0.05, 0.1) is 12.1 Å². The molecule has 0 spiro atoms. The van der Waals surface area contributed by atoms with Crippen LogP contribution in [0.15, 0.2) is 30.6 Å². The van der Waals surface area contributed by atoms with Gasteiger partial charge in [0, 0.05) is 18.2 Å². The van der Waals surface area contributed by atoms with Crippen molar-refractivity contribution in [3.8, 4) is 11.4 Å². The number of benzene rings is 1. The van der Waals surface area contributed by atoms with Gasteiger partial charge < -0.3 is 10.4 Å². The Morgan fingerprint density at radius 1 is 1.35 bits per heavy atom. The lowest BCUT2D eigenvalue weighted by Crippen LogP contribution is -2.46. The highest BCUT2D eigenvalue weighted by Crippen LogP contribution is 2.15. The van der Waals surface area contributed by atoms with Gasteiger partial charge in [0.25, 0.3) is 5.91 Å². The maximum Gasteiger partial charge on any atom is 0.251 e. The smallest absolute Gasteiger partial charge is 0.251 e. The SMILES string of the molecule is Cn1cnc(-c2ccc(C(=O)NC(C)(C)CO)cc2)n1. The molecular formula is C14H18N4O2. The van der Waals surface area contributed by atoms with Crippen LogP contribution >= 0.6 is 0 Å². The molecule has 6 heteroatoms. The largest absolute Gasteiger partial charge is 0.394 e. The minimum atomic E-state index is -0.641. The number of amides is 1. The molecular weight excluding hydrogens is 256 g/mol. The minimum absolute atomic E-state index is 0.116. The average Bonchev–Trinajstić information content (AvgIpc) is 2.85. The third-order valence-electron chi connectivity index (χ3n) is 2.85. The molecule has 2 aromatic rings. The maximum atomic E-state index is 12.0. The predicted molar refractivity (Wildman–Crippen MR) is 75.1 cm³/mol. The first kappa shape index (κ1) is 14.2. The van der Waals surface area contributed by atoms with E-state index < -0.39 is 5.54 Å². The zero-order valence-electron chi connectivity index (χ0n) is 11.8. The van der Waals surface area contributed by atoms with E-state index in [1.807, 2.05) is 0 Å². The van der Waals surface area contributed by atoms with Crippen LogP contribution in [0, 0.1) is 0 Å². The molecule has 0 fully saturated rings. The lowest BCUT2D eigenvalue weighted by Gasteiger charge is -2.23. The number of aromatic nitrogens is 3. The number of aryl methyl sites for hydroxylation is 1. The number of nitrogens with zero attached hydrogens (tertiary/aromatic N) is 3. The summed E-state index contributed by atoms with van der Waals surface area (Å²) in [6, 6.07) is 7.04. The van der Waals surface area contributed by atoms with Gasteiger partial charge in [0.1, 0.15) is 6.33 Å². The van der Waals surface area contributed by atoms with Gasteiger partial charge in [-0.3, -0.25) is 9.48 Å². The number of carbonyl (C=O) groups excluding carboxylic acids is 1. The molecule has 0 aliphatic rings. The zero-order chi connectivity index (χ0) is 14.8. The first-order valence-electron chi connectivity index (χ1n) is 6.31. The van der Waals surface area contributed by atoms with Crippen LogP contribution in [-0.4, -0.2) is 37.9 Å². The first-order chi connectivity index (χ1) is 9.41. The third-order valence-corrected chi connectivity index (χ3v) is 2.85. The maximum absolute atomic E-state index is 12.0. The number of aliphatic hydroxyl groups excluding tert-OH is 1. The molecule has 0 saturated carbocycles. The molecule has 0 saturated heterocycles. The number of hydrogen-bond acceptors (Lipinski definition) is 4. The number of rotatable bonds is 4. The van der Waals surface area contributed by atoms with Crippen LogP contribution < -0.4 is 5.32 Å². The van der Waals surface area contributed by atoms with E-state index in [0.717, 1.165) is 5.56 Å². The molecule has 0 aliphatic heterocycles. The number of hydrogen-bond donors (Lipinski definition) is 2. The number of nitrogens with one attached hydrogen (secondary N) is 1. The van der Waals surface area contributed by atoms with E-state index in [1.54, 1.807) is 56.2 Å². The zero-order valence-corrected chi connectivity index (χ0v) is 11.8. The van der Waals surface area contributed by atoms with E-state index in [1.165, 1.54) is 0 Å². The second kappa shape index (κ2) is 5.42. The summed E-state index contributed by atoms with van der Waals surface area (Å²) >= 11 is 0. The van der Waals surface area contributed by atoms with Crippen molar-refractivity contribution >= 4 is 5.91 Å². The summed E-state index contributed by atoms with van der Waals surface area (Å²) in [5.74, 6) is 0.403. The second-order valence-electron chi connectivity index (χ2n) is 5.32.